The zero-order valence-electron chi connectivity index (χ0n) is 28.9. The molecule has 0 N–H and O–H groups in total. The number of esters is 4. The van der Waals surface area contributed by atoms with Crippen molar-refractivity contribution < 1.29 is 47.6 Å². The minimum atomic E-state index is -0.537. The molecule has 0 aromatic heterocycles. The van der Waals surface area contributed by atoms with Crippen molar-refractivity contribution in [1.29, 1.82) is 0 Å². The molecule has 0 aliphatic heterocycles. The third-order valence-corrected chi connectivity index (χ3v) is 8.15. The van der Waals surface area contributed by atoms with Crippen molar-refractivity contribution in [3.63, 3.8) is 0 Å². The molecule has 10 heteroatoms. The standard InChI is InChI=1S/C41H38O10/c1-25(2)39(44)48-23-46-29-11-7-27(8-12-29)19-37(42)50-31-15-17-33-34-18-16-32(22-36(34)41(5,6)35(33)21-31)51-38(43)20-28-9-13-30(14-10-28)47-24-49-40(45)26(3)4/h7-18,21-22H,1,3,19-20,23-24H2,2,4-6H3. The summed E-state index contributed by atoms with van der Waals surface area (Å²) in [7, 11) is 0. The van der Waals surface area contributed by atoms with E-state index in [9.17, 15) is 19.2 Å². The Bertz CT molecular complexity index is 1850. The van der Waals surface area contributed by atoms with Crippen LogP contribution in [-0.4, -0.2) is 37.5 Å². The fraction of sp³-hybridized carbons (Fsp3) is 0.220. The lowest BCUT2D eigenvalue weighted by atomic mass is 9.82. The Labute approximate surface area is 296 Å². The molecule has 5 rings (SSSR count). The molecular formula is C41H38O10. The van der Waals surface area contributed by atoms with Crippen molar-refractivity contribution >= 4 is 23.9 Å². The second kappa shape index (κ2) is 15.6. The average molecular weight is 691 g/mol. The second-order valence-corrected chi connectivity index (χ2v) is 12.6. The van der Waals surface area contributed by atoms with Gasteiger partial charge in [0.1, 0.15) is 23.0 Å². The quantitative estimate of drug-likeness (QED) is 0.0581. The summed E-state index contributed by atoms with van der Waals surface area (Å²) in [6.07, 6.45) is 0.0937. The smallest absolute Gasteiger partial charge is 0.335 e. The first kappa shape index (κ1) is 36.1. The van der Waals surface area contributed by atoms with E-state index in [0.29, 0.717) is 23.0 Å². The summed E-state index contributed by atoms with van der Waals surface area (Å²) in [5.74, 6) is -0.0990. The highest BCUT2D eigenvalue weighted by Gasteiger charge is 2.36. The summed E-state index contributed by atoms with van der Waals surface area (Å²) in [5.41, 5.74) is 5.54. The number of carbonyl (C=O) groups is 4. The molecule has 262 valence electrons. The monoisotopic (exact) mass is 690 g/mol. The lowest BCUT2D eigenvalue weighted by molar-refractivity contribution is -0.146. The van der Waals surface area contributed by atoms with Gasteiger partial charge in [0.25, 0.3) is 0 Å². The zero-order valence-corrected chi connectivity index (χ0v) is 28.9. The summed E-state index contributed by atoms with van der Waals surface area (Å²) in [6.45, 7) is 13.8. The zero-order chi connectivity index (χ0) is 36.7. The molecule has 51 heavy (non-hydrogen) atoms. The van der Waals surface area contributed by atoms with Crippen LogP contribution in [-0.2, 0) is 46.9 Å². The minimum Gasteiger partial charge on any atom is -0.457 e. The van der Waals surface area contributed by atoms with Crippen LogP contribution in [0.15, 0.2) is 109 Å². The molecule has 0 saturated heterocycles. The van der Waals surface area contributed by atoms with Crippen LogP contribution >= 0.6 is 0 Å². The predicted molar refractivity (Wildman–Crippen MR) is 188 cm³/mol. The first-order valence-electron chi connectivity index (χ1n) is 16.1. The Morgan fingerprint density at radius 1 is 0.549 bits per heavy atom. The van der Waals surface area contributed by atoms with E-state index in [2.05, 4.69) is 27.0 Å². The van der Waals surface area contributed by atoms with Crippen molar-refractivity contribution in [3.8, 4) is 34.1 Å². The Kier molecular flexibility index (Phi) is 11.0. The van der Waals surface area contributed by atoms with E-state index >= 15 is 0 Å². The van der Waals surface area contributed by atoms with E-state index in [0.717, 1.165) is 33.4 Å². The van der Waals surface area contributed by atoms with E-state index in [-0.39, 0.29) is 37.6 Å². The molecule has 0 spiro atoms. The van der Waals surface area contributed by atoms with Crippen molar-refractivity contribution in [1.82, 2.24) is 0 Å². The molecule has 4 aromatic carbocycles. The molecular weight excluding hydrogens is 652 g/mol. The molecule has 0 radical (unpaired) electrons. The molecule has 0 amide bonds. The van der Waals surface area contributed by atoms with Gasteiger partial charge in [0.05, 0.1) is 12.8 Å². The van der Waals surface area contributed by atoms with Gasteiger partial charge in [0, 0.05) is 16.6 Å². The fourth-order valence-corrected chi connectivity index (χ4v) is 5.45. The van der Waals surface area contributed by atoms with Gasteiger partial charge in [-0.3, -0.25) is 9.59 Å². The van der Waals surface area contributed by atoms with Crippen LogP contribution < -0.4 is 18.9 Å². The Hall–Kier alpha value is -6.16. The fourth-order valence-electron chi connectivity index (χ4n) is 5.45. The number of hydrogen-bond acceptors (Lipinski definition) is 10. The predicted octanol–water partition coefficient (Wildman–Crippen LogP) is 7.20. The Morgan fingerprint density at radius 2 is 0.902 bits per heavy atom. The highest BCUT2D eigenvalue weighted by Crippen LogP contribution is 2.50. The maximum absolute atomic E-state index is 12.8. The van der Waals surface area contributed by atoms with Gasteiger partial charge in [0.15, 0.2) is 0 Å². The van der Waals surface area contributed by atoms with Crippen LogP contribution in [0.1, 0.15) is 49.9 Å². The number of fused-ring (bicyclic) bond motifs is 3. The van der Waals surface area contributed by atoms with Crippen molar-refractivity contribution in [3.05, 3.63) is 131 Å². The molecule has 1 aliphatic rings. The third-order valence-electron chi connectivity index (χ3n) is 8.15. The molecule has 0 fully saturated rings. The van der Waals surface area contributed by atoms with E-state index < -0.39 is 29.3 Å². The second-order valence-electron chi connectivity index (χ2n) is 12.6. The summed E-state index contributed by atoms with van der Waals surface area (Å²) >= 11 is 0. The van der Waals surface area contributed by atoms with Crippen LogP contribution in [0.5, 0.6) is 23.0 Å². The molecule has 4 aromatic rings. The highest BCUT2D eigenvalue weighted by molar-refractivity contribution is 5.87. The van der Waals surface area contributed by atoms with Crippen LogP contribution in [0.3, 0.4) is 0 Å². The van der Waals surface area contributed by atoms with Crippen LogP contribution in [0.25, 0.3) is 11.1 Å². The highest BCUT2D eigenvalue weighted by atomic mass is 16.7. The average Bonchev–Trinajstić information content (AvgIpc) is 3.31. The van der Waals surface area contributed by atoms with Gasteiger partial charge in [0.2, 0.25) is 13.6 Å². The van der Waals surface area contributed by atoms with Gasteiger partial charge in [-0.15, -0.1) is 0 Å². The Balaban J connectivity index is 1.15. The maximum atomic E-state index is 12.8. The summed E-state index contributed by atoms with van der Waals surface area (Å²) in [5, 5.41) is 0. The van der Waals surface area contributed by atoms with Crippen LogP contribution in [0, 0.1) is 0 Å². The van der Waals surface area contributed by atoms with E-state index in [1.54, 1.807) is 74.5 Å². The molecule has 0 bridgehead atoms. The van der Waals surface area contributed by atoms with Gasteiger partial charge < -0.3 is 28.4 Å². The molecule has 1 aliphatic carbocycles. The van der Waals surface area contributed by atoms with Gasteiger partial charge in [-0.05, 0) is 95.8 Å². The van der Waals surface area contributed by atoms with Gasteiger partial charge in [-0.25, -0.2) is 9.59 Å². The van der Waals surface area contributed by atoms with Gasteiger partial charge >= 0.3 is 23.9 Å². The number of ether oxygens (including phenoxy) is 6. The van der Waals surface area contributed by atoms with Crippen LogP contribution in [0.2, 0.25) is 0 Å². The van der Waals surface area contributed by atoms with Crippen molar-refractivity contribution in [2.24, 2.45) is 0 Å². The van der Waals surface area contributed by atoms with E-state index in [4.69, 9.17) is 28.4 Å². The molecule has 0 heterocycles. The lowest BCUT2D eigenvalue weighted by Gasteiger charge is -2.22. The molecule has 0 unspecified atom stereocenters. The minimum absolute atomic E-state index is 0.0469. The number of hydrogen-bond donors (Lipinski definition) is 0. The number of benzene rings is 4. The number of carbonyl (C=O) groups excluding carboxylic acids is 4. The summed E-state index contributed by atoms with van der Waals surface area (Å²) in [4.78, 5) is 48.7. The largest absolute Gasteiger partial charge is 0.457 e. The number of rotatable bonds is 14. The Morgan fingerprint density at radius 3 is 1.25 bits per heavy atom. The van der Waals surface area contributed by atoms with Gasteiger partial charge in [-0.1, -0.05) is 63.4 Å². The van der Waals surface area contributed by atoms with E-state index in [1.807, 2.05) is 24.3 Å². The SMILES string of the molecule is C=C(C)C(=O)OCOc1ccc(CC(=O)Oc2ccc3c(c2)C(C)(C)c2cc(OC(=O)Cc4ccc(OCOC(=O)C(=C)C)cc4)ccc2-3)cc1. The maximum Gasteiger partial charge on any atom is 0.335 e. The molecule has 0 atom stereocenters. The molecule has 10 nitrogen and oxygen atoms in total. The first-order chi connectivity index (χ1) is 24.3. The lowest BCUT2D eigenvalue weighted by Crippen LogP contribution is -2.17. The summed E-state index contributed by atoms with van der Waals surface area (Å²) in [6, 6.07) is 24.8. The normalized spacial score (nSPS) is 12.1. The third kappa shape index (κ3) is 9.10. The van der Waals surface area contributed by atoms with Crippen molar-refractivity contribution in [2.75, 3.05) is 13.6 Å². The summed E-state index contributed by atoms with van der Waals surface area (Å²) < 4.78 is 32.1. The topological polar surface area (TPSA) is 124 Å². The van der Waals surface area contributed by atoms with Crippen LogP contribution in [0.4, 0.5) is 0 Å². The van der Waals surface area contributed by atoms with E-state index in [1.165, 1.54) is 0 Å². The first-order valence-corrected chi connectivity index (χ1v) is 16.1. The van der Waals surface area contributed by atoms with Crippen molar-refractivity contribution in [2.45, 2.75) is 46.0 Å². The van der Waals surface area contributed by atoms with Gasteiger partial charge in [-0.2, -0.15) is 0 Å². The molecule has 0 saturated carbocycles.